The lowest BCUT2D eigenvalue weighted by Crippen LogP contribution is -2.12. The first-order valence-corrected chi connectivity index (χ1v) is 6.75. The predicted octanol–water partition coefficient (Wildman–Crippen LogP) is 2.36. The Hall–Kier alpha value is -2.91. The Balaban J connectivity index is 2.21. The third-order valence-electron chi connectivity index (χ3n) is 2.49. The van der Waals surface area contributed by atoms with Crippen LogP contribution in [0.15, 0.2) is 47.4 Å². The number of hydrogen-bond acceptors (Lipinski definition) is 5. The molecule has 0 bridgehead atoms. The summed E-state index contributed by atoms with van der Waals surface area (Å²) in [6.45, 7) is 0. The normalized spacial score (nSPS) is 10.7. The molecule has 1 aromatic carbocycles. The summed E-state index contributed by atoms with van der Waals surface area (Å²) in [7, 11) is 0. The van der Waals surface area contributed by atoms with Gasteiger partial charge in [-0.1, -0.05) is 18.2 Å². The minimum atomic E-state index is -0.807. The van der Waals surface area contributed by atoms with Crippen molar-refractivity contribution in [3.8, 4) is 11.8 Å². The molecule has 0 unspecified atom stereocenters. The monoisotopic (exact) mass is 298 g/mol. The summed E-state index contributed by atoms with van der Waals surface area (Å²) in [4.78, 5) is 23.3. The van der Waals surface area contributed by atoms with Gasteiger partial charge in [0.1, 0.15) is 22.3 Å². The van der Waals surface area contributed by atoms with Crippen LogP contribution in [-0.4, -0.2) is 11.9 Å². The van der Waals surface area contributed by atoms with Crippen LogP contribution in [0.3, 0.4) is 0 Å². The largest absolute Gasteiger partial charge is 0.422 e. The molecule has 104 valence electrons. The Bertz CT molecular complexity index is 743. The van der Waals surface area contributed by atoms with Gasteiger partial charge in [-0.25, -0.2) is 4.79 Å². The van der Waals surface area contributed by atoms with Crippen LogP contribution in [0.4, 0.5) is 0 Å². The molecule has 0 saturated heterocycles. The lowest BCUT2D eigenvalue weighted by atomic mass is 10.1. The molecule has 1 aromatic heterocycles. The van der Waals surface area contributed by atoms with Crippen LogP contribution in [-0.2, 0) is 4.79 Å². The first-order chi connectivity index (χ1) is 10.1. The van der Waals surface area contributed by atoms with Crippen molar-refractivity contribution in [1.82, 2.24) is 0 Å². The molecule has 0 saturated carbocycles. The van der Waals surface area contributed by atoms with Crippen molar-refractivity contribution in [3.05, 3.63) is 57.8 Å². The summed E-state index contributed by atoms with van der Waals surface area (Å²) in [5.41, 5.74) is 5.44. The number of nitrogens with two attached hydrogens (primary N) is 1. The summed E-state index contributed by atoms with van der Waals surface area (Å²) in [5.74, 6) is -0.941. The van der Waals surface area contributed by atoms with Gasteiger partial charge in [0, 0.05) is 0 Å². The number of nitrogens with zero attached hydrogens (tertiary/aromatic N) is 1. The highest BCUT2D eigenvalue weighted by Gasteiger charge is 2.10. The predicted molar refractivity (Wildman–Crippen MR) is 78.5 cm³/mol. The van der Waals surface area contributed by atoms with Gasteiger partial charge >= 0.3 is 5.97 Å². The van der Waals surface area contributed by atoms with Gasteiger partial charge in [-0.2, -0.15) is 5.26 Å². The smallest absolute Gasteiger partial charge is 0.353 e. The quantitative estimate of drug-likeness (QED) is 0.406. The zero-order valence-corrected chi connectivity index (χ0v) is 11.6. The Kier molecular flexibility index (Phi) is 4.49. The fraction of sp³-hybridized carbons (Fsp3) is 0. The second-order valence-corrected chi connectivity index (χ2v) is 4.92. The number of ether oxygens (including phenoxy) is 1. The van der Waals surface area contributed by atoms with Gasteiger partial charge in [-0.3, -0.25) is 4.79 Å². The molecular weight excluding hydrogens is 288 g/mol. The Labute approximate surface area is 124 Å². The number of thiophene rings is 1. The summed E-state index contributed by atoms with van der Waals surface area (Å²) in [6.07, 6.45) is 1.34. The van der Waals surface area contributed by atoms with E-state index < -0.39 is 11.9 Å². The third-order valence-corrected chi connectivity index (χ3v) is 3.34. The van der Waals surface area contributed by atoms with Crippen LogP contribution in [0.25, 0.3) is 6.08 Å². The molecule has 1 heterocycles. The van der Waals surface area contributed by atoms with Crippen LogP contribution < -0.4 is 10.5 Å². The molecular formula is C15H10N2O3S. The van der Waals surface area contributed by atoms with Crippen molar-refractivity contribution >= 4 is 29.3 Å². The van der Waals surface area contributed by atoms with Gasteiger partial charge in [-0.05, 0) is 35.2 Å². The molecule has 0 fully saturated rings. The van der Waals surface area contributed by atoms with E-state index in [-0.39, 0.29) is 5.57 Å². The van der Waals surface area contributed by atoms with E-state index in [2.05, 4.69) is 0 Å². The third kappa shape index (κ3) is 3.78. The molecule has 2 rings (SSSR count). The van der Waals surface area contributed by atoms with Gasteiger partial charge in [0.15, 0.2) is 0 Å². The van der Waals surface area contributed by atoms with E-state index in [1.54, 1.807) is 47.8 Å². The Morgan fingerprint density at radius 1 is 1.29 bits per heavy atom. The SMILES string of the molecule is N#C/C(=C\c1cccc(OC(=O)c2cccs2)c1)C(N)=O. The molecule has 1 amide bonds. The first-order valence-electron chi connectivity index (χ1n) is 5.87. The van der Waals surface area contributed by atoms with Crippen LogP contribution in [0.2, 0.25) is 0 Å². The minimum Gasteiger partial charge on any atom is -0.422 e. The Morgan fingerprint density at radius 3 is 2.71 bits per heavy atom. The maximum absolute atomic E-state index is 11.8. The van der Waals surface area contributed by atoms with Crippen molar-refractivity contribution < 1.29 is 14.3 Å². The van der Waals surface area contributed by atoms with Gasteiger partial charge in [0.2, 0.25) is 0 Å². The molecule has 0 spiro atoms. The number of rotatable bonds is 4. The average molecular weight is 298 g/mol. The van der Waals surface area contributed by atoms with Gasteiger partial charge < -0.3 is 10.5 Å². The number of primary amides is 1. The number of amides is 1. The van der Waals surface area contributed by atoms with Gasteiger partial charge in [0.25, 0.3) is 5.91 Å². The van der Waals surface area contributed by atoms with E-state index in [0.29, 0.717) is 16.2 Å². The number of carbonyl (C=O) groups excluding carboxylic acids is 2. The highest BCUT2D eigenvalue weighted by atomic mass is 32.1. The maximum Gasteiger partial charge on any atom is 0.353 e. The molecule has 0 aliphatic carbocycles. The van der Waals surface area contributed by atoms with E-state index in [9.17, 15) is 9.59 Å². The summed E-state index contributed by atoms with van der Waals surface area (Å²) in [6, 6.07) is 11.6. The lowest BCUT2D eigenvalue weighted by molar-refractivity contribution is -0.114. The summed E-state index contributed by atoms with van der Waals surface area (Å²) in [5, 5.41) is 10.6. The number of carbonyl (C=O) groups is 2. The van der Waals surface area contributed by atoms with Gasteiger partial charge in [-0.15, -0.1) is 11.3 Å². The average Bonchev–Trinajstić information content (AvgIpc) is 2.99. The highest BCUT2D eigenvalue weighted by Crippen LogP contribution is 2.18. The second kappa shape index (κ2) is 6.50. The molecule has 5 nitrogen and oxygen atoms in total. The molecule has 2 N–H and O–H groups in total. The number of esters is 1. The standard InChI is InChI=1S/C15H10N2O3S/c16-9-11(14(17)18)7-10-3-1-4-12(8-10)20-15(19)13-5-2-6-21-13/h1-8H,(H2,17,18)/b11-7+. The zero-order valence-electron chi connectivity index (χ0n) is 10.8. The lowest BCUT2D eigenvalue weighted by Gasteiger charge is -2.03. The molecule has 0 radical (unpaired) electrons. The second-order valence-electron chi connectivity index (χ2n) is 3.97. The fourth-order valence-electron chi connectivity index (χ4n) is 1.55. The van der Waals surface area contributed by atoms with Crippen LogP contribution in [0.5, 0.6) is 5.75 Å². The van der Waals surface area contributed by atoms with Crippen molar-refractivity contribution in [2.24, 2.45) is 5.73 Å². The highest BCUT2D eigenvalue weighted by molar-refractivity contribution is 7.12. The molecule has 6 heteroatoms. The van der Waals surface area contributed by atoms with E-state index in [1.807, 2.05) is 0 Å². The van der Waals surface area contributed by atoms with E-state index in [1.165, 1.54) is 17.4 Å². The topological polar surface area (TPSA) is 93.2 Å². The Morgan fingerprint density at radius 2 is 2.10 bits per heavy atom. The molecule has 21 heavy (non-hydrogen) atoms. The van der Waals surface area contributed by atoms with Crippen LogP contribution in [0, 0.1) is 11.3 Å². The van der Waals surface area contributed by atoms with E-state index in [0.717, 1.165) is 0 Å². The van der Waals surface area contributed by atoms with Crippen molar-refractivity contribution in [2.75, 3.05) is 0 Å². The number of benzene rings is 1. The minimum absolute atomic E-state index is 0.170. The van der Waals surface area contributed by atoms with Gasteiger partial charge in [0.05, 0.1) is 0 Å². The van der Waals surface area contributed by atoms with E-state index in [4.69, 9.17) is 15.7 Å². The maximum atomic E-state index is 11.8. The van der Waals surface area contributed by atoms with Crippen LogP contribution in [0.1, 0.15) is 15.2 Å². The molecule has 2 aromatic rings. The molecule has 0 atom stereocenters. The summed E-state index contributed by atoms with van der Waals surface area (Å²) >= 11 is 1.28. The number of nitriles is 1. The molecule has 0 aliphatic rings. The van der Waals surface area contributed by atoms with Crippen molar-refractivity contribution in [2.45, 2.75) is 0 Å². The fourth-order valence-corrected chi connectivity index (χ4v) is 2.14. The van der Waals surface area contributed by atoms with E-state index >= 15 is 0 Å². The molecule has 0 aliphatic heterocycles. The van der Waals surface area contributed by atoms with Crippen LogP contribution >= 0.6 is 11.3 Å². The summed E-state index contributed by atoms with van der Waals surface area (Å²) < 4.78 is 5.22. The van der Waals surface area contributed by atoms with Crippen molar-refractivity contribution in [1.29, 1.82) is 5.26 Å². The zero-order chi connectivity index (χ0) is 15.2. The van der Waals surface area contributed by atoms with Crippen molar-refractivity contribution in [3.63, 3.8) is 0 Å². The first kappa shape index (κ1) is 14.5. The number of hydrogen-bond donors (Lipinski definition) is 1.